The number of carbonyl (C=O) groups excluding carboxylic acids is 1. The van der Waals surface area contributed by atoms with Crippen LogP contribution < -0.4 is 4.74 Å². The average Bonchev–Trinajstić information content (AvgIpc) is 2.51. The number of hydrogen-bond donors (Lipinski definition) is 0. The van der Waals surface area contributed by atoms with Gasteiger partial charge in [-0.15, -0.1) is 0 Å². The van der Waals surface area contributed by atoms with Gasteiger partial charge in [-0.25, -0.2) is 8.78 Å². The molecule has 2 nitrogen and oxygen atoms in total. The topological polar surface area (TPSA) is 26.3 Å². The Hall–Kier alpha value is -1.75. The zero-order valence-corrected chi connectivity index (χ0v) is 12.5. The number of benzene rings is 2. The van der Waals surface area contributed by atoms with Crippen molar-refractivity contribution in [3.63, 3.8) is 0 Å². The number of Topliss-reactive ketones (excluding diaryl/α,β-unsaturated/α-hetero) is 1. The summed E-state index contributed by atoms with van der Waals surface area (Å²) < 4.78 is 33.4. The molecule has 0 fully saturated rings. The molecule has 108 valence electrons. The molecule has 2 aromatic rings. The summed E-state index contributed by atoms with van der Waals surface area (Å²) in [5.74, 6) is -2.14. The first-order valence-electron chi connectivity index (χ1n) is 6.46. The molecule has 1 atom stereocenters. The van der Waals surface area contributed by atoms with Crippen LogP contribution >= 0.6 is 15.9 Å². The Bertz CT molecular complexity index is 715. The van der Waals surface area contributed by atoms with Crippen molar-refractivity contribution in [2.45, 2.75) is 6.42 Å². The van der Waals surface area contributed by atoms with Crippen molar-refractivity contribution < 1.29 is 18.3 Å². The molecule has 2 aromatic carbocycles. The maximum absolute atomic E-state index is 14.0. The zero-order chi connectivity index (χ0) is 15.0. The normalized spacial score (nSPS) is 17.0. The smallest absolute Gasteiger partial charge is 0.175 e. The van der Waals surface area contributed by atoms with Gasteiger partial charge < -0.3 is 4.74 Å². The van der Waals surface area contributed by atoms with Crippen molar-refractivity contribution in [1.29, 1.82) is 0 Å². The number of ether oxygens (including phenoxy) is 1. The van der Waals surface area contributed by atoms with E-state index in [1.54, 1.807) is 0 Å². The molecule has 1 aliphatic heterocycles. The second kappa shape index (κ2) is 5.56. The average molecular weight is 353 g/mol. The minimum absolute atomic E-state index is 0.0735. The largest absolute Gasteiger partial charge is 0.493 e. The molecule has 0 aromatic heterocycles. The van der Waals surface area contributed by atoms with Crippen LogP contribution in [0.15, 0.2) is 40.9 Å². The SMILES string of the molecule is O=C(c1c(F)ccc(Br)c1F)C1COc2ccccc2C1. The molecule has 3 rings (SSSR count). The molecule has 0 spiro atoms. The summed E-state index contributed by atoms with van der Waals surface area (Å²) in [6, 6.07) is 9.68. The lowest BCUT2D eigenvalue weighted by atomic mass is 9.89. The van der Waals surface area contributed by atoms with Gasteiger partial charge >= 0.3 is 0 Å². The fraction of sp³-hybridized carbons (Fsp3) is 0.188. The summed E-state index contributed by atoms with van der Waals surface area (Å²) in [5, 5.41) is 0. The Morgan fingerprint density at radius 3 is 2.76 bits per heavy atom. The van der Waals surface area contributed by atoms with Crippen molar-refractivity contribution in [2.75, 3.05) is 6.61 Å². The molecular formula is C16H11BrF2O2. The van der Waals surface area contributed by atoms with E-state index in [0.717, 1.165) is 17.4 Å². The van der Waals surface area contributed by atoms with E-state index in [4.69, 9.17) is 4.74 Å². The third kappa shape index (κ3) is 2.58. The van der Waals surface area contributed by atoms with Crippen LogP contribution in [0.1, 0.15) is 15.9 Å². The van der Waals surface area contributed by atoms with Gasteiger partial charge in [0.15, 0.2) is 11.6 Å². The van der Waals surface area contributed by atoms with E-state index in [1.165, 1.54) is 6.07 Å². The number of para-hydroxylation sites is 1. The molecule has 0 radical (unpaired) electrons. The Balaban J connectivity index is 1.93. The fourth-order valence-electron chi connectivity index (χ4n) is 2.45. The van der Waals surface area contributed by atoms with Gasteiger partial charge in [-0.05, 0) is 46.1 Å². The number of fused-ring (bicyclic) bond motifs is 1. The lowest BCUT2D eigenvalue weighted by molar-refractivity contribution is 0.0846. The number of hydrogen-bond acceptors (Lipinski definition) is 2. The highest BCUT2D eigenvalue weighted by atomic mass is 79.9. The van der Waals surface area contributed by atoms with Crippen LogP contribution in [0.3, 0.4) is 0 Å². The van der Waals surface area contributed by atoms with Crippen LogP contribution in [0.5, 0.6) is 5.75 Å². The van der Waals surface area contributed by atoms with E-state index in [9.17, 15) is 13.6 Å². The molecule has 0 saturated carbocycles. The molecule has 5 heteroatoms. The Morgan fingerprint density at radius 1 is 1.19 bits per heavy atom. The highest BCUT2D eigenvalue weighted by Crippen LogP contribution is 2.30. The summed E-state index contributed by atoms with van der Waals surface area (Å²) in [4.78, 5) is 12.4. The van der Waals surface area contributed by atoms with Crippen LogP contribution in [0.25, 0.3) is 0 Å². The predicted molar refractivity (Wildman–Crippen MR) is 77.5 cm³/mol. The number of halogens is 3. The van der Waals surface area contributed by atoms with E-state index in [2.05, 4.69) is 15.9 Å². The molecule has 0 saturated heterocycles. The van der Waals surface area contributed by atoms with Crippen molar-refractivity contribution in [3.8, 4) is 5.75 Å². The van der Waals surface area contributed by atoms with Crippen LogP contribution in [-0.4, -0.2) is 12.4 Å². The summed E-state index contributed by atoms with van der Waals surface area (Å²) >= 11 is 2.97. The number of rotatable bonds is 2. The standard InChI is InChI=1S/C16H11BrF2O2/c17-11-5-6-12(18)14(15(11)19)16(20)10-7-9-3-1-2-4-13(9)21-8-10/h1-6,10H,7-8H2. The van der Waals surface area contributed by atoms with Gasteiger partial charge in [-0.1, -0.05) is 18.2 Å². The highest BCUT2D eigenvalue weighted by molar-refractivity contribution is 9.10. The monoisotopic (exact) mass is 352 g/mol. The van der Waals surface area contributed by atoms with Gasteiger partial charge in [0.05, 0.1) is 22.6 Å². The maximum atomic E-state index is 14.0. The first kappa shape index (κ1) is 14.2. The molecular weight excluding hydrogens is 342 g/mol. The van der Waals surface area contributed by atoms with Crippen molar-refractivity contribution in [2.24, 2.45) is 5.92 Å². The molecule has 21 heavy (non-hydrogen) atoms. The third-order valence-corrected chi connectivity index (χ3v) is 4.15. The van der Waals surface area contributed by atoms with Gasteiger partial charge in [0.2, 0.25) is 0 Å². The lowest BCUT2D eigenvalue weighted by Crippen LogP contribution is -2.29. The minimum Gasteiger partial charge on any atom is -0.493 e. The third-order valence-electron chi connectivity index (χ3n) is 3.54. The van der Waals surface area contributed by atoms with Crippen molar-refractivity contribution >= 4 is 21.7 Å². The van der Waals surface area contributed by atoms with E-state index in [0.29, 0.717) is 6.42 Å². The van der Waals surface area contributed by atoms with Gasteiger partial charge in [0.1, 0.15) is 11.6 Å². The van der Waals surface area contributed by atoms with E-state index >= 15 is 0 Å². The molecule has 1 unspecified atom stereocenters. The van der Waals surface area contributed by atoms with Crippen LogP contribution in [-0.2, 0) is 6.42 Å². The maximum Gasteiger partial charge on any atom is 0.175 e. The van der Waals surface area contributed by atoms with Gasteiger partial charge in [0.25, 0.3) is 0 Å². The molecule has 0 bridgehead atoms. The number of carbonyl (C=O) groups is 1. The Labute approximate surface area is 128 Å². The summed E-state index contributed by atoms with van der Waals surface area (Å²) in [7, 11) is 0. The van der Waals surface area contributed by atoms with Crippen LogP contribution in [0, 0.1) is 17.6 Å². The Morgan fingerprint density at radius 2 is 1.95 bits per heavy atom. The fourth-order valence-corrected chi connectivity index (χ4v) is 2.78. The molecule has 0 N–H and O–H groups in total. The van der Waals surface area contributed by atoms with Crippen LogP contribution in [0.2, 0.25) is 0 Å². The molecule has 0 amide bonds. The summed E-state index contributed by atoms with van der Waals surface area (Å²) in [6.07, 6.45) is 0.417. The van der Waals surface area contributed by atoms with Crippen LogP contribution in [0.4, 0.5) is 8.78 Å². The zero-order valence-electron chi connectivity index (χ0n) is 10.9. The molecule has 1 heterocycles. The molecule has 0 aliphatic carbocycles. The predicted octanol–water partition coefficient (Wildman–Crippen LogP) is 4.16. The van der Waals surface area contributed by atoms with Gasteiger partial charge in [-0.2, -0.15) is 0 Å². The first-order valence-corrected chi connectivity index (χ1v) is 7.25. The van der Waals surface area contributed by atoms with Gasteiger partial charge in [0, 0.05) is 0 Å². The minimum atomic E-state index is -0.862. The second-order valence-corrected chi connectivity index (χ2v) is 5.76. The summed E-state index contributed by atoms with van der Waals surface area (Å²) in [6.45, 7) is 0.126. The van der Waals surface area contributed by atoms with Crippen molar-refractivity contribution in [3.05, 3.63) is 63.6 Å². The van der Waals surface area contributed by atoms with E-state index in [1.807, 2.05) is 24.3 Å². The molecule has 1 aliphatic rings. The quantitative estimate of drug-likeness (QED) is 0.599. The highest BCUT2D eigenvalue weighted by Gasteiger charge is 2.30. The Kier molecular flexibility index (Phi) is 3.76. The first-order chi connectivity index (χ1) is 10.1. The second-order valence-electron chi connectivity index (χ2n) is 4.90. The summed E-state index contributed by atoms with van der Waals surface area (Å²) in [5.41, 5.74) is 0.371. The van der Waals surface area contributed by atoms with Gasteiger partial charge in [-0.3, -0.25) is 4.79 Å². The van der Waals surface area contributed by atoms with Crippen molar-refractivity contribution in [1.82, 2.24) is 0 Å². The lowest BCUT2D eigenvalue weighted by Gasteiger charge is -2.24. The van der Waals surface area contributed by atoms with E-state index in [-0.39, 0.29) is 11.1 Å². The van der Waals surface area contributed by atoms with E-state index < -0.39 is 28.9 Å². The number of ketones is 1.